The molecule has 0 spiro atoms. The number of aromatic nitrogens is 2. The van der Waals surface area contributed by atoms with Crippen LogP contribution in [0, 0.1) is 17.3 Å². The molecule has 0 atom stereocenters. The highest BCUT2D eigenvalue weighted by Crippen LogP contribution is 2.64. The van der Waals surface area contributed by atoms with Crippen LogP contribution in [0.15, 0.2) is 6.33 Å². The van der Waals surface area contributed by atoms with E-state index in [4.69, 9.17) is 14.2 Å². The molecule has 0 N–H and O–H groups in total. The first-order valence-electron chi connectivity index (χ1n) is 11.2. The number of hydrogen-bond donors (Lipinski definition) is 0. The van der Waals surface area contributed by atoms with Crippen molar-refractivity contribution in [1.29, 1.82) is 0 Å². The minimum absolute atomic E-state index is 0.0458. The van der Waals surface area contributed by atoms with E-state index in [0.29, 0.717) is 25.0 Å². The molecular weight excluding hydrogens is 454 g/mol. The minimum Gasteiger partial charge on any atom is -0.490 e. The second-order valence-corrected chi connectivity index (χ2v) is 8.88. The van der Waals surface area contributed by atoms with Gasteiger partial charge in [0.15, 0.2) is 5.41 Å². The Morgan fingerprint density at radius 1 is 0.818 bits per heavy atom. The van der Waals surface area contributed by atoms with Crippen LogP contribution in [-0.4, -0.2) is 42.6 Å². The summed E-state index contributed by atoms with van der Waals surface area (Å²) < 4.78 is 102. The third-order valence-electron chi connectivity index (χ3n) is 7.11. The quantitative estimate of drug-likeness (QED) is 0.428. The highest BCUT2D eigenvalue weighted by Gasteiger charge is 2.76. The van der Waals surface area contributed by atoms with E-state index in [0.717, 1.165) is 0 Å². The molecule has 0 amide bonds. The van der Waals surface area contributed by atoms with Gasteiger partial charge >= 0.3 is 12.4 Å². The molecule has 1 aromatic heterocycles. The lowest BCUT2D eigenvalue weighted by Gasteiger charge is -2.50. The van der Waals surface area contributed by atoms with E-state index >= 15 is 0 Å². The van der Waals surface area contributed by atoms with Gasteiger partial charge in [-0.3, -0.25) is 0 Å². The first-order chi connectivity index (χ1) is 15.6. The smallest absolute Gasteiger partial charge is 0.403 e. The molecule has 11 heteroatoms. The van der Waals surface area contributed by atoms with Crippen LogP contribution in [0.4, 0.5) is 26.3 Å². The van der Waals surface area contributed by atoms with Crippen molar-refractivity contribution in [3.63, 3.8) is 0 Å². The fourth-order valence-corrected chi connectivity index (χ4v) is 5.69. The fraction of sp³-hybridized carbons (Fsp3) is 0.818. The van der Waals surface area contributed by atoms with E-state index in [1.54, 1.807) is 0 Å². The first-order valence-corrected chi connectivity index (χ1v) is 11.2. The number of methoxy groups -OCH3 is 2. The first kappa shape index (κ1) is 25.8. The normalized spacial score (nSPS) is 23.4. The van der Waals surface area contributed by atoms with Crippen molar-refractivity contribution in [1.82, 2.24) is 9.97 Å². The lowest BCUT2D eigenvalue weighted by Crippen LogP contribution is -2.60. The maximum atomic E-state index is 14.3. The Kier molecular flexibility index (Phi) is 8.01. The molecule has 0 unspecified atom stereocenters. The second kappa shape index (κ2) is 10.2. The number of nitrogens with zero attached hydrogens (tertiary/aromatic N) is 2. The monoisotopic (exact) mass is 484 g/mol. The number of rotatable bonds is 7. The molecule has 0 radical (unpaired) electrons. The summed E-state index contributed by atoms with van der Waals surface area (Å²) in [5.41, 5.74) is -3.24. The lowest BCUT2D eigenvalue weighted by atomic mass is 9.57. The van der Waals surface area contributed by atoms with Crippen molar-refractivity contribution in [2.75, 3.05) is 14.2 Å². The maximum Gasteiger partial charge on any atom is 0.403 e. The predicted molar refractivity (Wildman–Crippen MR) is 107 cm³/mol. The van der Waals surface area contributed by atoms with Gasteiger partial charge in [-0.1, -0.05) is 19.3 Å². The molecule has 1 heterocycles. The van der Waals surface area contributed by atoms with E-state index in [2.05, 4.69) is 9.97 Å². The van der Waals surface area contributed by atoms with Crippen LogP contribution in [0.25, 0.3) is 0 Å². The summed E-state index contributed by atoms with van der Waals surface area (Å²) >= 11 is 0. The fourth-order valence-electron chi connectivity index (χ4n) is 5.69. The topological polar surface area (TPSA) is 53.5 Å². The SMILES string of the molecule is COCc1ncnc(O[C@H]2CC[C@@H](C(C3CCCCC3)(C(F)(F)F)C(F)(F)F)CC2)c1OC. The molecule has 1 aromatic rings. The molecule has 0 bridgehead atoms. The van der Waals surface area contributed by atoms with Crippen molar-refractivity contribution in [2.45, 2.75) is 82.9 Å². The molecular formula is C22H30F6N2O3. The zero-order valence-electron chi connectivity index (χ0n) is 18.8. The highest BCUT2D eigenvalue weighted by molar-refractivity contribution is 5.37. The molecule has 2 fully saturated rings. The van der Waals surface area contributed by atoms with Gasteiger partial charge in [-0.05, 0) is 50.4 Å². The van der Waals surface area contributed by atoms with E-state index < -0.39 is 35.7 Å². The lowest BCUT2D eigenvalue weighted by molar-refractivity contribution is -0.382. The Morgan fingerprint density at radius 2 is 1.39 bits per heavy atom. The van der Waals surface area contributed by atoms with Crippen LogP contribution < -0.4 is 9.47 Å². The van der Waals surface area contributed by atoms with Crippen LogP contribution in [0.5, 0.6) is 11.6 Å². The van der Waals surface area contributed by atoms with E-state index in [1.807, 2.05) is 0 Å². The summed E-state index contributed by atoms with van der Waals surface area (Å²) in [7, 11) is 2.87. The largest absolute Gasteiger partial charge is 0.490 e. The summed E-state index contributed by atoms with van der Waals surface area (Å²) in [5.74, 6) is -2.62. The van der Waals surface area contributed by atoms with Crippen LogP contribution in [-0.2, 0) is 11.3 Å². The van der Waals surface area contributed by atoms with Crippen LogP contribution >= 0.6 is 0 Å². The Hall–Kier alpha value is -1.78. The van der Waals surface area contributed by atoms with E-state index in [-0.39, 0.29) is 56.8 Å². The standard InChI is InChI=1S/C22H30F6N2O3/c1-31-12-17-18(32-2)19(30-13-29-17)33-16-10-8-15(9-11-16)20(21(23,24)25,22(26,27)28)14-6-4-3-5-7-14/h13-16H,3-12H2,1-2H3/t15-,16+. The maximum absolute atomic E-state index is 14.3. The van der Waals surface area contributed by atoms with E-state index in [9.17, 15) is 26.3 Å². The van der Waals surface area contributed by atoms with Crippen LogP contribution in [0.3, 0.4) is 0 Å². The summed E-state index contributed by atoms with van der Waals surface area (Å²) in [5, 5.41) is 0. The average Bonchev–Trinajstić information content (AvgIpc) is 2.75. The molecule has 0 aliphatic heterocycles. The molecule has 3 rings (SSSR count). The average molecular weight is 484 g/mol. The molecule has 33 heavy (non-hydrogen) atoms. The van der Waals surface area contributed by atoms with Gasteiger partial charge < -0.3 is 14.2 Å². The Bertz CT molecular complexity index is 758. The number of ether oxygens (including phenoxy) is 3. The van der Waals surface area contributed by atoms with Crippen molar-refractivity contribution in [2.24, 2.45) is 17.3 Å². The van der Waals surface area contributed by atoms with E-state index in [1.165, 1.54) is 20.5 Å². The van der Waals surface area contributed by atoms with Gasteiger partial charge in [0.2, 0.25) is 5.75 Å². The summed E-state index contributed by atoms with van der Waals surface area (Å²) in [6.45, 7) is 0.135. The van der Waals surface area contributed by atoms with Gasteiger partial charge in [0, 0.05) is 7.11 Å². The van der Waals surface area contributed by atoms with Crippen molar-refractivity contribution in [3.05, 3.63) is 12.0 Å². The van der Waals surface area contributed by atoms with Gasteiger partial charge in [-0.25, -0.2) is 4.98 Å². The zero-order valence-corrected chi connectivity index (χ0v) is 18.8. The van der Waals surface area contributed by atoms with Gasteiger partial charge in [-0.2, -0.15) is 31.3 Å². The zero-order chi connectivity index (χ0) is 24.3. The summed E-state index contributed by atoms with van der Waals surface area (Å²) in [6, 6.07) is 0. The molecule has 0 saturated heterocycles. The van der Waals surface area contributed by atoms with Gasteiger partial charge in [0.05, 0.1) is 13.7 Å². The van der Waals surface area contributed by atoms with Crippen molar-refractivity contribution >= 4 is 0 Å². The van der Waals surface area contributed by atoms with Crippen LogP contribution in [0.2, 0.25) is 0 Å². The minimum atomic E-state index is -5.36. The number of halogens is 6. The Balaban J connectivity index is 1.81. The van der Waals surface area contributed by atoms with Gasteiger partial charge in [0.25, 0.3) is 5.88 Å². The number of alkyl halides is 6. The second-order valence-electron chi connectivity index (χ2n) is 8.88. The molecule has 188 valence electrons. The third kappa shape index (κ3) is 5.02. The molecule has 2 aliphatic rings. The molecule has 5 nitrogen and oxygen atoms in total. The predicted octanol–water partition coefficient (Wildman–Crippen LogP) is 6.26. The van der Waals surface area contributed by atoms with Crippen molar-refractivity contribution < 1.29 is 40.6 Å². The summed E-state index contributed by atoms with van der Waals surface area (Å²) in [4.78, 5) is 8.08. The molecule has 2 aliphatic carbocycles. The molecule has 0 aromatic carbocycles. The Labute approximate surface area is 189 Å². The van der Waals surface area contributed by atoms with Gasteiger partial charge in [0.1, 0.15) is 18.1 Å². The highest BCUT2D eigenvalue weighted by atomic mass is 19.4. The van der Waals surface area contributed by atoms with Crippen LogP contribution in [0.1, 0.15) is 63.5 Å². The number of hydrogen-bond acceptors (Lipinski definition) is 5. The Morgan fingerprint density at radius 3 is 1.91 bits per heavy atom. The molecule has 2 saturated carbocycles. The summed E-state index contributed by atoms with van der Waals surface area (Å²) in [6.07, 6.45) is -8.98. The van der Waals surface area contributed by atoms with Gasteiger partial charge in [-0.15, -0.1) is 0 Å². The van der Waals surface area contributed by atoms with Crippen molar-refractivity contribution in [3.8, 4) is 11.6 Å². The third-order valence-corrected chi connectivity index (χ3v) is 7.11.